The summed E-state index contributed by atoms with van der Waals surface area (Å²) in [6.07, 6.45) is 0.844. The van der Waals surface area contributed by atoms with Gasteiger partial charge in [0, 0.05) is 18.7 Å². The van der Waals surface area contributed by atoms with Crippen LogP contribution in [0.5, 0.6) is 0 Å². The summed E-state index contributed by atoms with van der Waals surface area (Å²) in [5.41, 5.74) is 0.546. The first-order valence-corrected chi connectivity index (χ1v) is 8.89. The Morgan fingerprint density at radius 3 is 2.33 bits per heavy atom. The second-order valence-electron chi connectivity index (χ2n) is 5.12. The largest absolute Gasteiger partial charge is 0.326 e. The molecule has 1 amide bonds. The van der Waals surface area contributed by atoms with Gasteiger partial charge in [-0.3, -0.25) is 9.10 Å². The number of nitrogens with one attached hydrogen (secondary N) is 1. The van der Waals surface area contributed by atoms with Crippen molar-refractivity contribution in [3.8, 4) is 0 Å². The van der Waals surface area contributed by atoms with Crippen LogP contribution >= 0.6 is 0 Å². The first-order chi connectivity index (χ1) is 11.3. The highest BCUT2D eigenvalue weighted by molar-refractivity contribution is 7.92. The van der Waals surface area contributed by atoms with E-state index in [0.29, 0.717) is 5.69 Å². The molecule has 2 aromatic carbocycles. The highest BCUT2D eigenvalue weighted by atomic mass is 32.2. The van der Waals surface area contributed by atoms with E-state index >= 15 is 0 Å². The highest BCUT2D eigenvalue weighted by Crippen LogP contribution is 2.19. The molecule has 24 heavy (non-hydrogen) atoms. The van der Waals surface area contributed by atoms with Gasteiger partial charge in [-0.2, -0.15) is 0 Å². The number of benzene rings is 2. The van der Waals surface area contributed by atoms with Crippen molar-refractivity contribution in [1.82, 2.24) is 0 Å². The maximum absolute atomic E-state index is 13.3. The van der Waals surface area contributed by atoms with Gasteiger partial charge in [-0.15, -0.1) is 0 Å². The van der Waals surface area contributed by atoms with Crippen molar-refractivity contribution in [2.24, 2.45) is 0 Å². The smallest absolute Gasteiger partial charge is 0.232 e. The van der Waals surface area contributed by atoms with Gasteiger partial charge in [-0.25, -0.2) is 17.2 Å². The van der Waals surface area contributed by atoms with Gasteiger partial charge in [0.25, 0.3) is 0 Å². The zero-order chi connectivity index (χ0) is 17.7. The van der Waals surface area contributed by atoms with Crippen molar-refractivity contribution in [2.45, 2.75) is 6.42 Å². The third kappa shape index (κ3) is 5.02. The fourth-order valence-corrected chi connectivity index (χ4v) is 3.00. The third-order valence-corrected chi connectivity index (χ3v) is 4.36. The van der Waals surface area contributed by atoms with Gasteiger partial charge in [-0.05, 0) is 42.5 Å². The van der Waals surface area contributed by atoms with E-state index in [1.54, 1.807) is 0 Å². The summed E-state index contributed by atoms with van der Waals surface area (Å²) in [7, 11) is -3.67. The van der Waals surface area contributed by atoms with Crippen molar-refractivity contribution < 1.29 is 22.0 Å². The summed E-state index contributed by atoms with van der Waals surface area (Å²) < 4.78 is 50.8. The Kier molecular flexibility index (Phi) is 5.50. The van der Waals surface area contributed by atoms with E-state index in [1.807, 2.05) is 0 Å². The predicted octanol–water partition coefficient (Wildman–Crippen LogP) is 2.76. The summed E-state index contributed by atoms with van der Waals surface area (Å²) in [6, 6.07) is 10.3. The number of carbonyl (C=O) groups excluding carboxylic acids is 1. The molecule has 0 aliphatic heterocycles. The minimum atomic E-state index is -3.67. The van der Waals surface area contributed by atoms with Crippen LogP contribution in [0.4, 0.5) is 20.2 Å². The first kappa shape index (κ1) is 17.9. The Bertz CT molecular complexity index is 823. The summed E-state index contributed by atoms with van der Waals surface area (Å²) in [5.74, 6) is -1.44. The average molecular weight is 354 g/mol. The molecule has 5 nitrogen and oxygen atoms in total. The van der Waals surface area contributed by atoms with Gasteiger partial charge >= 0.3 is 0 Å². The molecule has 0 saturated heterocycles. The molecule has 0 atom stereocenters. The lowest BCUT2D eigenvalue weighted by molar-refractivity contribution is -0.116. The standard InChI is InChI=1S/C16H16F2N2O3S/c1-24(22,23)20(15-4-2-3-13(18)11-15)10-9-16(21)19-14-7-5-12(17)6-8-14/h2-8,11H,9-10H2,1H3,(H,19,21). The van der Waals surface area contributed by atoms with E-state index < -0.39 is 27.6 Å². The average Bonchev–Trinajstić information content (AvgIpc) is 2.48. The fraction of sp³-hybridized carbons (Fsp3) is 0.188. The SMILES string of the molecule is CS(=O)(=O)N(CCC(=O)Nc1ccc(F)cc1)c1cccc(F)c1. The number of anilines is 2. The van der Waals surface area contributed by atoms with Gasteiger partial charge in [0.15, 0.2) is 0 Å². The number of hydrogen-bond acceptors (Lipinski definition) is 3. The maximum Gasteiger partial charge on any atom is 0.232 e. The van der Waals surface area contributed by atoms with Crippen LogP contribution in [0.25, 0.3) is 0 Å². The minimum absolute atomic E-state index is 0.138. The molecule has 0 aliphatic carbocycles. The summed E-state index contributed by atoms with van der Waals surface area (Å²) >= 11 is 0. The number of carbonyl (C=O) groups is 1. The molecular weight excluding hydrogens is 338 g/mol. The number of nitrogens with zero attached hydrogens (tertiary/aromatic N) is 1. The van der Waals surface area contributed by atoms with Crippen LogP contribution in [0.2, 0.25) is 0 Å². The Morgan fingerprint density at radius 2 is 1.75 bits per heavy atom. The number of sulfonamides is 1. The minimum Gasteiger partial charge on any atom is -0.326 e. The number of halogens is 2. The fourth-order valence-electron chi connectivity index (χ4n) is 2.08. The highest BCUT2D eigenvalue weighted by Gasteiger charge is 2.19. The van der Waals surface area contributed by atoms with Crippen molar-refractivity contribution >= 4 is 27.3 Å². The number of rotatable bonds is 6. The van der Waals surface area contributed by atoms with Crippen LogP contribution in [0.3, 0.4) is 0 Å². The van der Waals surface area contributed by atoms with Crippen LogP contribution in [-0.2, 0) is 14.8 Å². The van der Waals surface area contributed by atoms with Crippen molar-refractivity contribution in [3.05, 3.63) is 60.2 Å². The molecule has 1 N–H and O–H groups in total. The van der Waals surface area contributed by atoms with Crippen LogP contribution in [0.1, 0.15) is 6.42 Å². The molecule has 2 rings (SSSR count). The molecule has 8 heteroatoms. The second kappa shape index (κ2) is 7.39. The third-order valence-electron chi connectivity index (χ3n) is 3.17. The monoisotopic (exact) mass is 354 g/mol. The molecule has 0 saturated carbocycles. The predicted molar refractivity (Wildman–Crippen MR) is 88.2 cm³/mol. The van der Waals surface area contributed by atoms with Gasteiger partial charge in [-0.1, -0.05) is 6.07 Å². The van der Waals surface area contributed by atoms with Crippen molar-refractivity contribution in [1.29, 1.82) is 0 Å². The molecule has 2 aromatic rings. The molecular formula is C16H16F2N2O3S. The molecule has 0 spiro atoms. The second-order valence-corrected chi connectivity index (χ2v) is 7.03. The number of hydrogen-bond donors (Lipinski definition) is 1. The van der Waals surface area contributed by atoms with E-state index in [1.165, 1.54) is 42.5 Å². The molecule has 0 fully saturated rings. The Morgan fingerprint density at radius 1 is 1.08 bits per heavy atom. The van der Waals surface area contributed by atoms with E-state index in [0.717, 1.165) is 16.6 Å². The Balaban J connectivity index is 2.05. The topological polar surface area (TPSA) is 66.5 Å². The van der Waals surface area contributed by atoms with Crippen molar-refractivity contribution in [3.63, 3.8) is 0 Å². The quantitative estimate of drug-likeness (QED) is 0.867. The van der Waals surface area contributed by atoms with E-state index in [9.17, 15) is 22.0 Å². The van der Waals surface area contributed by atoms with Crippen LogP contribution < -0.4 is 9.62 Å². The maximum atomic E-state index is 13.3. The van der Waals surface area contributed by atoms with Crippen LogP contribution in [0, 0.1) is 11.6 Å². The zero-order valence-electron chi connectivity index (χ0n) is 12.9. The van der Waals surface area contributed by atoms with Gasteiger partial charge in [0.1, 0.15) is 11.6 Å². The van der Waals surface area contributed by atoms with E-state index in [-0.39, 0.29) is 18.7 Å². The lowest BCUT2D eigenvalue weighted by Crippen LogP contribution is -2.33. The lowest BCUT2D eigenvalue weighted by atomic mass is 10.3. The van der Waals surface area contributed by atoms with Gasteiger partial charge in [0.05, 0.1) is 11.9 Å². The molecule has 0 radical (unpaired) electrons. The molecule has 0 unspecified atom stereocenters. The van der Waals surface area contributed by atoms with Gasteiger partial charge < -0.3 is 5.32 Å². The summed E-state index contributed by atoms with van der Waals surface area (Å²) in [6.45, 7) is -0.144. The lowest BCUT2D eigenvalue weighted by Gasteiger charge is -2.22. The molecule has 0 heterocycles. The molecule has 0 aliphatic rings. The van der Waals surface area contributed by atoms with E-state index in [4.69, 9.17) is 0 Å². The Hall–Kier alpha value is -2.48. The zero-order valence-corrected chi connectivity index (χ0v) is 13.7. The van der Waals surface area contributed by atoms with Crippen LogP contribution in [-0.4, -0.2) is 27.1 Å². The summed E-state index contributed by atoms with van der Waals surface area (Å²) in [4.78, 5) is 11.9. The summed E-state index contributed by atoms with van der Waals surface area (Å²) in [5, 5.41) is 2.54. The molecule has 128 valence electrons. The Labute approximate surface area is 139 Å². The molecule has 0 bridgehead atoms. The number of amides is 1. The van der Waals surface area contributed by atoms with Crippen LogP contribution in [0.15, 0.2) is 48.5 Å². The van der Waals surface area contributed by atoms with E-state index in [2.05, 4.69) is 5.32 Å². The van der Waals surface area contributed by atoms with Gasteiger partial charge in [0.2, 0.25) is 15.9 Å². The molecule has 0 aromatic heterocycles. The first-order valence-electron chi connectivity index (χ1n) is 7.04. The normalized spacial score (nSPS) is 11.1. The van der Waals surface area contributed by atoms with Crippen molar-refractivity contribution in [2.75, 3.05) is 22.4 Å².